The van der Waals surface area contributed by atoms with Gasteiger partial charge in [-0.05, 0) is 34.7 Å². The molecule has 0 fully saturated rings. The Bertz CT molecular complexity index is 278. The minimum atomic E-state index is -2.76. The lowest BCUT2D eigenvalue weighted by Crippen LogP contribution is -1.94. The first-order chi connectivity index (χ1) is 5.52. The molecule has 0 saturated carbocycles. The number of hydrogen-bond acceptors (Lipinski definition) is 0. The Morgan fingerprint density at radius 2 is 1.92 bits per heavy atom. The molecule has 0 radical (unpaired) electrons. The summed E-state index contributed by atoms with van der Waals surface area (Å²) < 4.78 is 37.9. The van der Waals surface area contributed by atoms with E-state index < -0.39 is 17.8 Å². The fraction of sp³-hybridized carbons (Fsp3) is 0.143. The van der Waals surface area contributed by atoms with Gasteiger partial charge < -0.3 is 0 Å². The first kappa shape index (κ1) is 10.3. The SMILES string of the molecule is Fc1cc(Br)cc(I)c1C(F)F. The second-order valence-corrected chi connectivity index (χ2v) is 4.16. The molecular formula is C7H3BrF3I. The molecule has 0 nitrogen and oxygen atoms in total. The Hall–Kier alpha value is 0.220. The molecule has 0 unspecified atom stereocenters. The van der Waals surface area contributed by atoms with E-state index in [0.29, 0.717) is 4.47 Å². The number of alkyl halides is 2. The Morgan fingerprint density at radius 1 is 1.33 bits per heavy atom. The molecule has 0 aliphatic rings. The Morgan fingerprint density at radius 3 is 2.33 bits per heavy atom. The van der Waals surface area contributed by atoms with E-state index in [1.807, 2.05) is 0 Å². The average molecular weight is 351 g/mol. The van der Waals surface area contributed by atoms with E-state index in [1.54, 1.807) is 22.6 Å². The molecule has 0 N–H and O–H groups in total. The van der Waals surface area contributed by atoms with Crippen molar-refractivity contribution in [2.75, 3.05) is 0 Å². The molecule has 0 bridgehead atoms. The van der Waals surface area contributed by atoms with E-state index in [2.05, 4.69) is 15.9 Å². The van der Waals surface area contributed by atoms with E-state index in [-0.39, 0.29) is 3.57 Å². The zero-order valence-electron chi connectivity index (χ0n) is 5.62. The minimum Gasteiger partial charge on any atom is -0.206 e. The lowest BCUT2D eigenvalue weighted by Gasteiger charge is -2.04. The number of rotatable bonds is 1. The fourth-order valence-corrected chi connectivity index (χ4v) is 2.45. The van der Waals surface area contributed by atoms with Crippen molar-refractivity contribution in [1.82, 2.24) is 0 Å². The molecule has 0 aliphatic carbocycles. The Labute approximate surface area is 89.4 Å². The van der Waals surface area contributed by atoms with Gasteiger partial charge in [0.2, 0.25) is 0 Å². The normalized spacial score (nSPS) is 10.8. The molecule has 5 heteroatoms. The molecule has 0 heterocycles. The van der Waals surface area contributed by atoms with Crippen molar-refractivity contribution >= 4 is 38.5 Å². The highest BCUT2D eigenvalue weighted by molar-refractivity contribution is 14.1. The van der Waals surface area contributed by atoms with Crippen molar-refractivity contribution in [3.63, 3.8) is 0 Å². The van der Waals surface area contributed by atoms with Crippen LogP contribution < -0.4 is 0 Å². The Kier molecular flexibility index (Phi) is 3.39. The van der Waals surface area contributed by atoms with Crippen molar-refractivity contribution in [2.45, 2.75) is 6.43 Å². The smallest absolute Gasteiger partial charge is 0.206 e. The maximum atomic E-state index is 12.8. The van der Waals surface area contributed by atoms with Crippen LogP contribution in [0.5, 0.6) is 0 Å². The van der Waals surface area contributed by atoms with Crippen LogP contribution in [0.4, 0.5) is 13.2 Å². The monoisotopic (exact) mass is 350 g/mol. The summed E-state index contributed by atoms with van der Waals surface area (Å²) in [6.07, 6.45) is -2.76. The topological polar surface area (TPSA) is 0 Å². The van der Waals surface area contributed by atoms with Crippen LogP contribution in [0.3, 0.4) is 0 Å². The van der Waals surface area contributed by atoms with Gasteiger partial charge in [0.25, 0.3) is 6.43 Å². The first-order valence-corrected chi connectivity index (χ1v) is 4.82. The summed E-state index contributed by atoms with van der Waals surface area (Å²) >= 11 is 4.68. The second kappa shape index (κ2) is 3.95. The zero-order chi connectivity index (χ0) is 9.30. The third-order valence-electron chi connectivity index (χ3n) is 1.26. The summed E-state index contributed by atoms with van der Waals surface area (Å²) in [6, 6.07) is 2.48. The molecule has 0 amide bonds. The molecule has 0 saturated heterocycles. The van der Waals surface area contributed by atoms with E-state index in [4.69, 9.17) is 0 Å². The second-order valence-electron chi connectivity index (χ2n) is 2.08. The third kappa shape index (κ3) is 2.12. The van der Waals surface area contributed by atoms with Gasteiger partial charge in [-0.3, -0.25) is 0 Å². The summed E-state index contributed by atoms with van der Waals surface area (Å²) in [4.78, 5) is 0. The van der Waals surface area contributed by atoms with Crippen molar-refractivity contribution in [1.29, 1.82) is 0 Å². The van der Waals surface area contributed by atoms with Gasteiger partial charge in [0, 0.05) is 8.04 Å². The summed E-state index contributed by atoms with van der Waals surface area (Å²) in [7, 11) is 0. The van der Waals surface area contributed by atoms with Crippen LogP contribution in [0.1, 0.15) is 12.0 Å². The largest absolute Gasteiger partial charge is 0.267 e. The van der Waals surface area contributed by atoms with Crippen LogP contribution >= 0.6 is 38.5 Å². The maximum Gasteiger partial charge on any atom is 0.267 e. The van der Waals surface area contributed by atoms with Crippen LogP contribution in [-0.2, 0) is 0 Å². The van der Waals surface area contributed by atoms with E-state index in [1.165, 1.54) is 6.07 Å². The number of halogens is 5. The molecular weight excluding hydrogens is 348 g/mol. The standard InChI is InChI=1S/C7H3BrF3I/c8-3-1-4(9)6(7(10)11)5(12)2-3/h1-2,7H. The van der Waals surface area contributed by atoms with Crippen LogP contribution in [-0.4, -0.2) is 0 Å². The molecule has 1 aromatic carbocycles. The highest BCUT2D eigenvalue weighted by atomic mass is 127. The summed E-state index contributed by atoms with van der Waals surface area (Å²) in [5, 5.41) is 0. The third-order valence-corrected chi connectivity index (χ3v) is 2.61. The van der Waals surface area contributed by atoms with Crippen LogP contribution in [0.2, 0.25) is 0 Å². The summed E-state index contributed by atoms with van der Waals surface area (Å²) in [5.74, 6) is -0.872. The molecule has 66 valence electrons. The van der Waals surface area contributed by atoms with Crippen molar-refractivity contribution in [2.24, 2.45) is 0 Å². The van der Waals surface area contributed by atoms with Gasteiger partial charge >= 0.3 is 0 Å². The van der Waals surface area contributed by atoms with Crippen molar-refractivity contribution in [3.8, 4) is 0 Å². The average Bonchev–Trinajstić information content (AvgIpc) is 1.82. The molecule has 1 aromatic rings. The van der Waals surface area contributed by atoms with Gasteiger partial charge in [0.1, 0.15) is 5.82 Å². The van der Waals surface area contributed by atoms with Crippen LogP contribution in [0.25, 0.3) is 0 Å². The van der Waals surface area contributed by atoms with Crippen molar-refractivity contribution in [3.05, 3.63) is 31.6 Å². The Balaban J connectivity index is 3.28. The van der Waals surface area contributed by atoms with Gasteiger partial charge in [0.05, 0.1) is 5.56 Å². The lowest BCUT2D eigenvalue weighted by molar-refractivity contribution is 0.145. The first-order valence-electron chi connectivity index (χ1n) is 2.95. The highest BCUT2D eigenvalue weighted by Crippen LogP contribution is 2.29. The molecule has 1 rings (SSSR count). The molecule has 0 aliphatic heterocycles. The number of hydrogen-bond donors (Lipinski definition) is 0. The van der Waals surface area contributed by atoms with Gasteiger partial charge in [-0.15, -0.1) is 0 Å². The molecule has 0 aromatic heterocycles. The van der Waals surface area contributed by atoms with Gasteiger partial charge in [-0.1, -0.05) is 15.9 Å². The maximum absolute atomic E-state index is 12.8. The highest BCUT2D eigenvalue weighted by Gasteiger charge is 2.17. The van der Waals surface area contributed by atoms with Crippen LogP contribution in [0.15, 0.2) is 16.6 Å². The zero-order valence-corrected chi connectivity index (χ0v) is 9.37. The van der Waals surface area contributed by atoms with Gasteiger partial charge in [0.15, 0.2) is 0 Å². The van der Waals surface area contributed by atoms with Crippen molar-refractivity contribution < 1.29 is 13.2 Å². The van der Waals surface area contributed by atoms with Crippen LogP contribution in [0, 0.1) is 9.39 Å². The molecule has 12 heavy (non-hydrogen) atoms. The lowest BCUT2D eigenvalue weighted by atomic mass is 10.2. The summed E-state index contributed by atoms with van der Waals surface area (Å²) in [5.41, 5.74) is -0.529. The molecule has 0 atom stereocenters. The quantitative estimate of drug-likeness (QED) is 0.668. The number of benzene rings is 1. The van der Waals surface area contributed by atoms with Gasteiger partial charge in [-0.2, -0.15) is 0 Å². The van der Waals surface area contributed by atoms with E-state index in [9.17, 15) is 13.2 Å². The van der Waals surface area contributed by atoms with Gasteiger partial charge in [-0.25, -0.2) is 13.2 Å². The fourth-order valence-electron chi connectivity index (χ4n) is 0.762. The molecule has 0 spiro atoms. The summed E-state index contributed by atoms with van der Waals surface area (Å²) in [6.45, 7) is 0. The van der Waals surface area contributed by atoms with E-state index >= 15 is 0 Å². The predicted octanol–water partition coefficient (Wildman–Crippen LogP) is 4.13. The van der Waals surface area contributed by atoms with E-state index in [0.717, 1.165) is 6.07 Å². The minimum absolute atomic E-state index is 0.231. The predicted molar refractivity (Wildman–Crippen MR) is 51.8 cm³/mol.